The van der Waals surface area contributed by atoms with Gasteiger partial charge in [0.05, 0.1) is 26.4 Å². The molecule has 30 heavy (non-hydrogen) atoms. The highest BCUT2D eigenvalue weighted by Crippen LogP contribution is 2.27. The van der Waals surface area contributed by atoms with Crippen LogP contribution in [-0.4, -0.2) is 39.4 Å². The molecule has 6 nitrogen and oxygen atoms in total. The van der Waals surface area contributed by atoms with Crippen LogP contribution in [0.1, 0.15) is 37.5 Å². The van der Waals surface area contributed by atoms with Crippen LogP contribution in [0.15, 0.2) is 47.5 Å². The molecule has 0 aliphatic carbocycles. The number of nitrogens with one attached hydrogen (secondary N) is 2. The Balaban J connectivity index is 1.83. The van der Waals surface area contributed by atoms with Crippen LogP contribution in [0.25, 0.3) is 0 Å². The van der Waals surface area contributed by atoms with Gasteiger partial charge >= 0.3 is 0 Å². The van der Waals surface area contributed by atoms with Crippen molar-refractivity contribution in [3.8, 4) is 11.5 Å². The molecule has 0 amide bonds. The smallest absolute Gasteiger partial charge is 0.191 e. The fourth-order valence-corrected chi connectivity index (χ4v) is 2.90. The summed E-state index contributed by atoms with van der Waals surface area (Å²) < 4.78 is 16.5. The van der Waals surface area contributed by atoms with Crippen LogP contribution in [0.2, 0.25) is 0 Å². The van der Waals surface area contributed by atoms with Gasteiger partial charge < -0.3 is 24.8 Å². The quantitative estimate of drug-likeness (QED) is 0.482. The van der Waals surface area contributed by atoms with Gasteiger partial charge in [0.25, 0.3) is 0 Å². The number of rotatable bonds is 9. The van der Waals surface area contributed by atoms with E-state index in [-0.39, 0.29) is 5.60 Å². The summed E-state index contributed by atoms with van der Waals surface area (Å²) in [5, 5.41) is 6.72. The lowest BCUT2D eigenvalue weighted by atomic mass is 10.1. The van der Waals surface area contributed by atoms with E-state index in [1.807, 2.05) is 18.2 Å². The molecule has 0 heterocycles. The SMILES string of the molecule is CN=C(NCCc1ccc(OC)c(OC)c1)NCc1cccc(COC(C)(C)C)c1. The Hall–Kier alpha value is -2.73. The number of guanidine groups is 1. The largest absolute Gasteiger partial charge is 0.493 e. The monoisotopic (exact) mass is 413 g/mol. The molecule has 0 radical (unpaired) electrons. The van der Waals surface area contributed by atoms with E-state index in [4.69, 9.17) is 14.2 Å². The number of hydrogen-bond acceptors (Lipinski definition) is 4. The van der Waals surface area contributed by atoms with Gasteiger partial charge in [-0.05, 0) is 56.0 Å². The van der Waals surface area contributed by atoms with Crippen LogP contribution in [0.4, 0.5) is 0 Å². The summed E-state index contributed by atoms with van der Waals surface area (Å²) in [6.45, 7) is 8.26. The normalized spacial score (nSPS) is 11.9. The predicted octanol–water partition coefficient (Wildman–Crippen LogP) is 3.93. The fraction of sp³-hybridized carbons (Fsp3) is 0.458. The van der Waals surface area contributed by atoms with E-state index in [1.54, 1.807) is 21.3 Å². The average Bonchev–Trinajstić information content (AvgIpc) is 2.74. The minimum atomic E-state index is -0.145. The van der Waals surface area contributed by atoms with Gasteiger partial charge in [-0.1, -0.05) is 30.3 Å². The minimum absolute atomic E-state index is 0.145. The van der Waals surface area contributed by atoms with Crippen molar-refractivity contribution in [1.82, 2.24) is 10.6 Å². The Morgan fingerprint density at radius 1 is 0.900 bits per heavy atom. The van der Waals surface area contributed by atoms with E-state index >= 15 is 0 Å². The van der Waals surface area contributed by atoms with Crippen molar-refractivity contribution >= 4 is 5.96 Å². The van der Waals surface area contributed by atoms with Crippen molar-refractivity contribution in [1.29, 1.82) is 0 Å². The molecule has 164 valence electrons. The lowest BCUT2D eigenvalue weighted by Crippen LogP contribution is -2.37. The standard InChI is InChI=1S/C24H35N3O3/c1-24(2,3)30-17-20-9-7-8-19(14-20)16-27-23(25-4)26-13-12-18-10-11-21(28-5)22(15-18)29-6/h7-11,14-15H,12-13,16-17H2,1-6H3,(H2,25,26,27). The molecule has 6 heteroatoms. The third-order valence-electron chi connectivity index (χ3n) is 4.50. The summed E-state index contributed by atoms with van der Waals surface area (Å²) in [4.78, 5) is 4.31. The maximum Gasteiger partial charge on any atom is 0.191 e. The van der Waals surface area contributed by atoms with Gasteiger partial charge in [0, 0.05) is 20.1 Å². The van der Waals surface area contributed by atoms with Gasteiger partial charge in [0.2, 0.25) is 0 Å². The first-order chi connectivity index (χ1) is 14.3. The Kier molecular flexibility index (Phi) is 8.99. The maximum atomic E-state index is 5.87. The van der Waals surface area contributed by atoms with E-state index in [0.29, 0.717) is 13.2 Å². The van der Waals surface area contributed by atoms with E-state index in [2.05, 4.69) is 60.7 Å². The van der Waals surface area contributed by atoms with Crippen LogP contribution in [0.5, 0.6) is 11.5 Å². The first-order valence-corrected chi connectivity index (χ1v) is 10.2. The Bertz CT molecular complexity index is 829. The summed E-state index contributed by atoms with van der Waals surface area (Å²) >= 11 is 0. The van der Waals surface area contributed by atoms with Crippen molar-refractivity contribution in [3.05, 3.63) is 59.2 Å². The zero-order valence-electron chi connectivity index (χ0n) is 19.0. The molecule has 2 rings (SSSR count). The van der Waals surface area contributed by atoms with Crippen LogP contribution in [0.3, 0.4) is 0 Å². The average molecular weight is 414 g/mol. The summed E-state index contributed by atoms with van der Waals surface area (Å²) in [7, 11) is 5.07. The van der Waals surface area contributed by atoms with E-state index < -0.39 is 0 Å². The van der Waals surface area contributed by atoms with Crippen molar-refractivity contribution in [2.24, 2.45) is 4.99 Å². The molecular formula is C24H35N3O3. The van der Waals surface area contributed by atoms with Gasteiger partial charge in [0.1, 0.15) is 0 Å². The van der Waals surface area contributed by atoms with Gasteiger partial charge in [-0.25, -0.2) is 0 Å². The lowest BCUT2D eigenvalue weighted by molar-refractivity contribution is -0.0149. The lowest BCUT2D eigenvalue weighted by Gasteiger charge is -2.19. The highest BCUT2D eigenvalue weighted by Gasteiger charge is 2.10. The fourth-order valence-electron chi connectivity index (χ4n) is 2.90. The number of ether oxygens (including phenoxy) is 3. The molecular weight excluding hydrogens is 378 g/mol. The van der Waals surface area contributed by atoms with Crippen LogP contribution in [0, 0.1) is 0 Å². The molecule has 2 N–H and O–H groups in total. The highest BCUT2D eigenvalue weighted by molar-refractivity contribution is 5.79. The Labute approximate surface area is 180 Å². The van der Waals surface area contributed by atoms with Crippen molar-refractivity contribution in [2.75, 3.05) is 27.8 Å². The molecule has 2 aromatic rings. The van der Waals surface area contributed by atoms with E-state index in [0.717, 1.165) is 30.4 Å². The Morgan fingerprint density at radius 3 is 2.30 bits per heavy atom. The minimum Gasteiger partial charge on any atom is -0.493 e. The zero-order valence-corrected chi connectivity index (χ0v) is 19.0. The topological polar surface area (TPSA) is 64.1 Å². The van der Waals surface area contributed by atoms with Crippen molar-refractivity contribution in [3.63, 3.8) is 0 Å². The van der Waals surface area contributed by atoms with Gasteiger partial charge in [-0.2, -0.15) is 0 Å². The first kappa shape index (κ1) is 23.5. The summed E-state index contributed by atoms with van der Waals surface area (Å²) in [5.74, 6) is 2.25. The molecule has 0 fully saturated rings. The summed E-state index contributed by atoms with van der Waals surface area (Å²) in [5.41, 5.74) is 3.38. The number of methoxy groups -OCH3 is 2. The van der Waals surface area contributed by atoms with Crippen molar-refractivity contribution in [2.45, 2.75) is 45.9 Å². The van der Waals surface area contributed by atoms with Crippen molar-refractivity contribution < 1.29 is 14.2 Å². The molecule has 0 aliphatic heterocycles. The second kappa shape index (κ2) is 11.5. The number of aliphatic imine (C=N–C) groups is 1. The zero-order chi connectivity index (χ0) is 22.0. The predicted molar refractivity (Wildman–Crippen MR) is 122 cm³/mol. The van der Waals surface area contributed by atoms with Crippen LogP contribution in [-0.2, 0) is 24.3 Å². The molecule has 0 spiro atoms. The summed E-state index contributed by atoms with van der Waals surface area (Å²) in [6.07, 6.45) is 0.848. The molecule has 0 saturated carbocycles. The molecule has 0 unspecified atom stereocenters. The van der Waals surface area contributed by atoms with Crippen LogP contribution < -0.4 is 20.1 Å². The third-order valence-corrected chi connectivity index (χ3v) is 4.50. The number of hydrogen-bond donors (Lipinski definition) is 2. The Morgan fingerprint density at radius 2 is 1.63 bits per heavy atom. The molecule has 0 bridgehead atoms. The highest BCUT2D eigenvalue weighted by atomic mass is 16.5. The maximum absolute atomic E-state index is 5.87. The molecule has 0 saturated heterocycles. The van der Waals surface area contributed by atoms with Crippen LogP contribution >= 0.6 is 0 Å². The molecule has 0 aliphatic rings. The number of nitrogens with zero attached hydrogens (tertiary/aromatic N) is 1. The van der Waals surface area contributed by atoms with Gasteiger partial charge in [0.15, 0.2) is 17.5 Å². The van der Waals surface area contributed by atoms with E-state index in [9.17, 15) is 0 Å². The number of benzene rings is 2. The second-order valence-corrected chi connectivity index (χ2v) is 8.01. The molecule has 0 aromatic heterocycles. The molecule has 0 atom stereocenters. The van der Waals surface area contributed by atoms with Gasteiger partial charge in [-0.3, -0.25) is 4.99 Å². The van der Waals surface area contributed by atoms with Gasteiger partial charge in [-0.15, -0.1) is 0 Å². The first-order valence-electron chi connectivity index (χ1n) is 10.2. The van der Waals surface area contributed by atoms with E-state index in [1.165, 1.54) is 16.7 Å². The second-order valence-electron chi connectivity index (χ2n) is 8.01. The third kappa shape index (κ3) is 7.95. The molecule has 2 aromatic carbocycles. The summed E-state index contributed by atoms with van der Waals surface area (Å²) in [6, 6.07) is 14.4.